The summed E-state index contributed by atoms with van der Waals surface area (Å²) in [6.45, 7) is 3.31. The first-order valence-corrected chi connectivity index (χ1v) is 10.9. The minimum atomic E-state index is -0.483. The highest BCUT2D eigenvalue weighted by molar-refractivity contribution is 6.08. The molecular weight excluding hydrogens is 399 g/mol. The summed E-state index contributed by atoms with van der Waals surface area (Å²) in [6.07, 6.45) is 6.72. The molecule has 1 saturated carbocycles. The minimum absolute atomic E-state index is 0.141. The minimum Gasteiger partial charge on any atom is -0.369 e. The maximum absolute atomic E-state index is 14.3. The van der Waals surface area contributed by atoms with Crippen LogP contribution in [-0.2, 0) is 0 Å². The molecule has 0 atom stereocenters. The van der Waals surface area contributed by atoms with Crippen LogP contribution in [0.1, 0.15) is 53.0 Å². The van der Waals surface area contributed by atoms with Crippen LogP contribution in [0.4, 0.5) is 15.8 Å². The molecule has 2 aliphatic rings. The second-order valence-electron chi connectivity index (χ2n) is 8.41. The highest BCUT2D eigenvalue weighted by atomic mass is 19.1. The zero-order chi connectivity index (χ0) is 21.8. The van der Waals surface area contributed by atoms with Gasteiger partial charge in [-0.2, -0.15) is 5.10 Å². The molecule has 31 heavy (non-hydrogen) atoms. The van der Waals surface area contributed by atoms with Gasteiger partial charge >= 0.3 is 0 Å². The van der Waals surface area contributed by atoms with Gasteiger partial charge in [0.15, 0.2) is 0 Å². The van der Waals surface area contributed by atoms with Crippen molar-refractivity contribution in [3.63, 3.8) is 0 Å². The molecule has 1 aromatic carbocycles. The van der Waals surface area contributed by atoms with E-state index in [1.807, 2.05) is 0 Å². The van der Waals surface area contributed by atoms with Gasteiger partial charge in [-0.3, -0.25) is 14.7 Å². The molecule has 1 saturated heterocycles. The molecular formula is C22H29FN6O2. The predicted octanol–water partition coefficient (Wildman–Crippen LogP) is 2.62. The Kier molecular flexibility index (Phi) is 6.50. The van der Waals surface area contributed by atoms with E-state index in [9.17, 15) is 14.0 Å². The van der Waals surface area contributed by atoms with Crippen molar-refractivity contribution in [1.29, 1.82) is 0 Å². The fourth-order valence-electron chi connectivity index (χ4n) is 4.21. The van der Waals surface area contributed by atoms with E-state index in [0.717, 1.165) is 51.9 Å². The summed E-state index contributed by atoms with van der Waals surface area (Å²) in [4.78, 5) is 29.8. The van der Waals surface area contributed by atoms with Crippen molar-refractivity contribution in [3.8, 4) is 0 Å². The number of carbonyl (C=O) groups excluding carboxylic acids is 2. The Morgan fingerprint density at radius 3 is 2.55 bits per heavy atom. The van der Waals surface area contributed by atoms with Crippen LogP contribution in [0.2, 0.25) is 0 Å². The second kappa shape index (κ2) is 9.47. The number of halogens is 1. The van der Waals surface area contributed by atoms with Crippen LogP contribution in [0.3, 0.4) is 0 Å². The van der Waals surface area contributed by atoms with Crippen molar-refractivity contribution < 1.29 is 14.0 Å². The molecule has 0 bridgehead atoms. The van der Waals surface area contributed by atoms with Gasteiger partial charge in [0.1, 0.15) is 11.5 Å². The van der Waals surface area contributed by atoms with Gasteiger partial charge in [0, 0.05) is 43.5 Å². The third-order valence-electron chi connectivity index (χ3n) is 6.07. The van der Waals surface area contributed by atoms with Gasteiger partial charge in [0.05, 0.1) is 11.9 Å². The molecule has 9 heteroatoms. The molecule has 2 amide bonds. The normalized spacial score (nSPS) is 18.1. The number of aromatic amines is 1. The molecule has 1 aliphatic carbocycles. The van der Waals surface area contributed by atoms with Gasteiger partial charge in [-0.15, -0.1) is 0 Å². The number of aromatic nitrogens is 2. The van der Waals surface area contributed by atoms with Crippen LogP contribution in [-0.4, -0.2) is 66.2 Å². The van der Waals surface area contributed by atoms with E-state index in [-0.39, 0.29) is 28.9 Å². The summed E-state index contributed by atoms with van der Waals surface area (Å²) in [5, 5.41) is 12.3. The highest BCUT2D eigenvalue weighted by Gasteiger charge is 2.22. The van der Waals surface area contributed by atoms with Crippen molar-refractivity contribution in [2.45, 2.75) is 38.1 Å². The lowest BCUT2D eigenvalue weighted by atomic mass is 9.95. The number of hydrogen-bond acceptors (Lipinski definition) is 5. The van der Waals surface area contributed by atoms with Crippen LogP contribution in [0, 0.1) is 5.82 Å². The number of nitrogens with zero attached hydrogens (tertiary/aromatic N) is 3. The molecule has 166 valence electrons. The number of benzene rings is 1. The predicted molar refractivity (Wildman–Crippen MR) is 117 cm³/mol. The van der Waals surface area contributed by atoms with Gasteiger partial charge < -0.3 is 20.4 Å². The van der Waals surface area contributed by atoms with E-state index in [4.69, 9.17) is 0 Å². The lowest BCUT2D eigenvalue weighted by molar-refractivity contribution is 0.0923. The van der Waals surface area contributed by atoms with Crippen molar-refractivity contribution in [1.82, 2.24) is 20.4 Å². The van der Waals surface area contributed by atoms with Crippen LogP contribution >= 0.6 is 0 Å². The molecule has 4 rings (SSSR count). The van der Waals surface area contributed by atoms with Crippen LogP contribution in [0.15, 0.2) is 24.4 Å². The zero-order valence-corrected chi connectivity index (χ0v) is 17.8. The molecule has 1 aliphatic heterocycles. The van der Waals surface area contributed by atoms with Crippen molar-refractivity contribution in [2.75, 3.05) is 43.4 Å². The summed E-state index contributed by atoms with van der Waals surface area (Å²) in [5.74, 6) is -1.25. The van der Waals surface area contributed by atoms with Crippen LogP contribution in [0.25, 0.3) is 0 Å². The van der Waals surface area contributed by atoms with E-state index in [0.29, 0.717) is 5.69 Å². The van der Waals surface area contributed by atoms with E-state index >= 15 is 0 Å². The Morgan fingerprint density at radius 1 is 1.06 bits per heavy atom. The van der Waals surface area contributed by atoms with Crippen molar-refractivity contribution in [2.24, 2.45) is 0 Å². The third-order valence-corrected chi connectivity index (χ3v) is 6.07. The van der Waals surface area contributed by atoms with Gasteiger partial charge in [-0.05, 0) is 38.1 Å². The Bertz CT molecular complexity index is 932. The van der Waals surface area contributed by atoms with Crippen LogP contribution in [0.5, 0.6) is 0 Å². The first-order chi connectivity index (χ1) is 15.0. The Morgan fingerprint density at radius 2 is 1.81 bits per heavy atom. The average Bonchev–Trinajstić information content (AvgIpc) is 3.23. The number of H-pyrrole nitrogens is 1. The van der Waals surface area contributed by atoms with E-state index in [2.05, 4.69) is 37.7 Å². The van der Waals surface area contributed by atoms with E-state index in [1.54, 1.807) is 6.07 Å². The van der Waals surface area contributed by atoms with Gasteiger partial charge in [-0.1, -0.05) is 19.3 Å². The maximum atomic E-state index is 14.3. The zero-order valence-electron chi connectivity index (χ0n) is 17.8. The topological polar surface area (TPSA) is 93.4 Å². The fraction of sp³-hybridized carbons (Fsp3) is 0.500. The van der Waals surface area contributed by atoms with E-state index < -0.39 is 11.7 Å². The highest BCUT2D eigenvalue weighted by Crippen LogP contribution is 2.22. The number of hydrogen-bond donors (Lipinski definition) is 3. The summed E-state index contributed by atoms with van der Waals surface area (Å²) >= 11 is 0. The number of carbonyl (C=O) groups is 2. The first kappa shape index (κ1) is 21.3. The standard InChI is InChI=1S/C22H29FN6O2/c1-28-7-9-29(10-8-28)18-12-15(11-16(23)13-18)21(30)26-19-14-24-27-20(19)22(31)25-17-5-3-2-4-6-17/h11-14,17H,2-10H2,1H3,(H,24,27)(H,25,31)(H,26,30). The Hall–Kier alpha value is -2.94. The maximum Gasteiger partial charge on any atom is 0.271 e. The number of rotatable bonds is 5. The van der Waals surface area contributed by atoms with Gasteiger partial charge in [0.25, 0.3) is 11.8 Å². The molecule has 3 N–H and O–H groups in total. The quantitative estimate of drug-likeness (QED) is 0.681. The second-order valence-corrected chi connectivity index (χ2v) is 8.41. The van der Waals surface area contributed by atoms with Gasteiger partial charge in [-0.25, -0.2) is 4.39 Å². The number of likely N-dealkylation sites (N-methyl/N-ethyl adjacent to an activating group) is 1. The largest absolute Gasteiger partial charge is 0.369 e. The SMILES string of the molecule is CN1CCN(c2cc(F)cc(C(=O)Nc3cn[nH]c3C(=O)NC3CCCCC3)c2)CC1. The molecule has 0 spiro atoms. The molecule has 2 heterocycles. The molecule has 8 nitrogen and oxygen atoms in total. The monoisotopic (exact) mass is 428 g/mol. The summed E-state index contributed by atoms with van der Waals surface area (Å²) in [7, 11) is 2.05. The number of amides is 2. The van der Waals surface area contributed by atoms with E-state index in [1.165, 1.54) is 24.8 Å². The summed E-state index contributed by atoms with van der Waals surface area (Å²) < 4.78 is 14.3. The molecule has 2 fully saturated rings. The average molecular weight is 429 g/mol. The smallest absolute Gasteiger partial charge is 0.271 e. The van der Waals surface area contributed by atoms with Crippen LogP contribution < -0.4 is 15.5 Å². The Labute approximate surface area is 181 Å². The number of anilines is 2. The lowest BCUT2D eigenvalue weighted by Crippen LogP contribution is -2.44. The molecule has 2 aromatic rings. The molecule has 1 aromatic heterocycles. The summed E-state index contributed by atoms with van der Waals surface area (Å²) in [6, 6.07) is 4.48. The van der Waals surface area contributed by atoms with Crippen molar-refractivity contribution in [3.05, 3.63) is 41.5 Å². The molecule has 0 radical (unpaired) electrons. The summed E-state index contributed by atoms with van der Waals surface area (Å²) in [5.41, 5.74) is 1.37. The first-order valence-electron chi connectivity index (χ1n) is 10.9. The van der Waals surface area contributed by atoms with Gasteiger partial charge in [0.2, 0.25) is 0 Å². The Balaban J connectivity index is 1.45. The number of nitrogens with one attached hydrogen (secondary N) is 3. The number of piperazine rings is 1. The third kappa shape index (κ3) is 5.22. The lowest BCUT2D eigenvalue weighted by Gasteiger charge is -2.34. The fourth-order valence-corrected chi connectivity index (χ4v) is 4.21. The van der Waals surface area contributed by atoms with Crippen molar-refractivity contribution >= 4 is 23.2 Å². The molecule has 0 unspecified atom stereocenters.